The number of hydrazone groups is 1. The van der Waals surface area contributed by atoms with E-state index in [4.69, 9.17) is 14.9 Å². The average Bonchev–Trinajstić information content (AvgIpc) is 3.10. The number of carbonyl (C=O) groups excluding carboxylic acids is 1. The molecule has 2 aromatic heterocycles. The summed E-state index contributed by atoms with van der Waals surface area (Å²) in [6.07, 6.45) is 1.06. The monoisotopic (exact) mass is 376 g/mol. The number of hydrogen-bond donors (Lipinski definition) is 0. The molecule has 0 atom stereocenters. The van der Waals surface area contributed by atoms with Gasteiger partial charge in [0.15, 0.2) is 0 Å². The number of nitrogens with zero attached hydrogens (tertiary/aromatic N) is 4. The van der Waals surface area contributed by atoms with E-state index >= 15 is 0 Å². The minimum Gasteiger partial charge on any atom is -0.481 e. The number of fused-ring (bicyclic) bond motifs is 1. The summed E-state index contributed by atoms with van der Waals surface area (Å²) in [5, 5.41) is 11.1. The van der Waals surface area contributed by atoms with Gasteiger partial charge in [-0.05, 0) is 17.5 Å². The van der Waals surface area contributed by atoms with Crippen LogP contribution in [0.2, 0.25) is 0 Å². The highest BCUT2D eigenvalue weighted by molar-refractivity contribution is 6.09. The summed E-state index contributed by atoms with van der Waals surface area (Å²) in [6, 6.07) is 15.8. The Bertz CT molecular complexity index is 1040. The van der Waals surface area contributed by atoms with Crippen molar-refractivity contribution in [2.45, 2.75) is 39.2 Å². The number of methoxy groups -OCH3 is 1. The van der Waals surface area contributed by atoms with Crippen molar-refractivity contribution in [3.8, 4) is 5.88 Å². The number of pyridine rings is 1. The van der Waals surface area contributed by atoms with Gasteiger partial charge < -0.3 is 4.74 Å². The summed E-state index contributed by atoms with van der Waals surface area (Å²) in [5.41, 5.74) is 4.90. The first kappa shape index (κ1) is 18.2. The Morgan fingerprint density at radius 2 is 1.86 bits per heavy atom. The maximum Gasteiger partial charge on any atom is 0.243 e. The van der Waals surface area contributed by atoms with Crippen molar-refractivity contribution in [3.63, 3.8) is 0 Å². The average molecular weight is 376 g/mol. The highest BCUT2D eigenvalue weighted by atomic mass is 16.5. The van der Waals surface area contributed by atoms with Crippen LogP contribution < -0.4 is 4.74 Å². The molecule has 1 aliphatic heterocycles. The largest absolute Gasteiger partial charge is 0.481 e. The number of amides is 1. The molecule has 1 amide bonds. The first-order chi connectivity index (χ1) is 13.6. The van der Waals surface area contributed by atoms with Gasteiger partial charge in [-0.2, -0.15) is 10.2 Å². The van der Waals surface area contributed by atoms with E-state index in [0.29, 0.717) is 25.3 Å². The van der Waals surface area contributed by atoms with Crippen molar-refractivity contribution in [1.29, 1.82) is 0 Å². The summed E-state index contributed by atoms with van der Waals surface area (Å²) in [6.45, 7) is 4.71. The molecule has 1 aromatic carbocycles. The van der Waals surface area contributed by atoms with Gasteiger partial charge in [-0.3, -0.25) is 4.79 Å². The number of ether oxygens (including phenoxy) is 1. The van der Waals surface area contributed by atoms with Crippen LogP contribution in [-0.4, -0.2) is 33.4 Å². The van der Waals surface area contributed by atoms with Gasteiger partial charge in [-0.15, -0.1) is 0 Å². The lowest BCUT2D eigenvalue weighted by Gasteiger charge is -2.24. The molecule has 28 heavy (non-hydrogen) atoms. The van der Waals surface area contributed by atoms with Gasteiger partial charge in [-0.25, -0.2) is 9.52 Å². The molecule has 144 valence electrons. The third-order valence-corrected chi connectivity index (χ3v) is 4.97. The fourth-order valence-corrected chi connectivity index (χ4v) is 3.58. The van der Waals surface area contributed by atoms with Crippen molar-refractivity contribution >= 4 is 17.1 Å². The second-order valence-corrected chi connectivity index (χ2v) is 7.26. The summed E-state index contributed by atoms with van der Waals surface area (Å²) in [5.74, 6) is 0.953. The molecule has 0 saturated heterocycles. The molecule has 0 fully saturated rings. The molecule has 0 saturated carbocycles. The predicted octanol–water partition coefficient (Wildman–Crippen LogP) is 3.99. The zero-order chi connectivity index (χ0) is 19.7. The van der Waals surface area contributed by atoms with Crippen molar-refractivity contribution < 1.29 is 9.53 Å². The van der Waals surface area contributed by atoms with Gasteiger partial charge in [0, 0.05) is 24.5 Å². The molecule has 0 aliphatic carbocycles. The minimum atomic E-state index is 0.0488. The SMILES string of the molecule is COc1cccc2c(C3=NN(Cc4ccccc4)C(=O)CC3)c(C(C)C)nn12. The lowest BCUT2D eigenvalue weighted by atomic mass is 9.97. The van der Waals surface area contributed by atoms with E-state index in [-0.39, 0.29) is 11.8 Å². The smallest absolute Gasteiger partial charge is 0.243 e. The summed E-state index contributed by atoms with van der Waals surface area (Å²) >= 11 is 0. The lowest BCUT2D eigenvalue weighted by molar-refractivity contribution is -0.132. The van der Waals surface area contributed by atoms with Crippen LogP contribution in [0.4, 0.5) is 0 Å². The van der Waals surface area contributed by atoms with Gasteiger partial charge in [0.2, 0.25) is 11.8 Å². The zero-order valence-electron chi connectivity index (χ0n) is 16.4. The zero-order valence-corrected chi connectivity index (χ0v) is 16.4. The van der Waals surface area contributed by atoms with E-state index in [1.807, 2.05) is 53.0 Å². The van der Waals surface area contributed by atoms with E-state index in [0.717, 1.165) is 28.0 Å². The molecule has 4 rings (SSSR count). The third kappa shape index (κ3) is 3.26. The van der Waals surface area contributed by atoms with Gasteiger partial charge in [-0.1, -0.05) is 50.2 Å². The molecule has 3 heterocycles. The predicted molar refractivity (Wildman–Crippen MR) is 109 cm³/mol. The van der Waals surface area contributed by atoms with Gasteiger partial charge in [0.05, 0.1) is 30.6 Å². The molecule has 6 nitrogen and oxygen atoms in total. The van der Waals surface area contributed by atoms with Crippen LogP contribution in [0, 0.1) is 0 Å². The Hall–Kier alpha value is -3.15. The van der Waals surface area contributed by atoms with Crippen LogP contribution >= 0.6 is 0 Å². The van der Waals surface area contributed by atoms with E-state index < -0.39 is 0 Å². The van der Waals surface area contributed by atoms with E-state index in [1.165, 1.54) is 0 Å². The van der Waals surface area contributed by atoms with Gasteiger partial charge in [0.1, 0.15) is 0 Å². The fourth-order valence-electron chi connectivity index (χ4n) is 3.58. The summed E-state index contributed by atoms with van der Waals surface area (Å²) < 4.78 is 7.30. The molecular formula is C22H24N4O2. The molecule has 6 heteroatoms. The lowest BCUT2D eigenvalue weighted by Crippen LogP contribution is -2.31. The summed E-state index contributed by atoms with van der Waals surface area (Å²) in [7, 11) is 1.64. The number of rotatable bonds is 5. The normalized spacial score (nSPS) is 14.6. The van der Waals surface area contributed by atoms with E-state index in [2.05, 4.69) is 13.8 Å². The maximum absolute atomic E-state index is 12.5. The Labute approximate surface area is 164 Å². The first-order valence-electron chi connectivity index (χ1n) is 9.56. The van der Waals surface area contributed by atoms with Crippen molar-refractivity contribution in [2.75, 3.05) is 7.11 Å². The number of aromatic nitrogens is 2. The second kappa shape index (κ2) is 7.46. The van der Waals surface area contributed by atoms with Gasteiger partial charge >= 0.3 is 0 Å². The molecular weight excluding hydrogens is 352 g/mol. The third-order valence-electron chi connectivity index (χ3n) is 4.97. The second-order valence-electron chi connectivity index (χ2n) is 7.26. The highest BCUT2D eigenvalue weighted by Gasteiger charge is 2.27. The quantitative estimate of drug-likeness (QED) is 0.676. The molecule has 0 radical (unpaired) electrons. The number of benzene rings is 1. The van der Waals surface area contributed by atoms with Crippen LogP contribution in [0.15, 0.2) is 53.6 Å². The molecule has 1 aliphatic rings. The van der Waals surface area contributed by atoms with Crippen LogP contribution in [0.3, 0.4) is 0 Å². The van der Waals surface area contributed by atoms with Crippen LogP contribution in [0.5, 0.6) is 5.88 Å². The van der Waals surface area contributed by atoms with Crippen molar-refractivity contribution in [2.24, 2.45) is 5.10 Å². The van der Waals surface area contributed by atoms with Crippen LogP contribution in [0.25, 0.3) is 5.52 Å². The van der Waals surface area contributed by atoms with Crippen LogP contribution in [0.1, 0.15) is 49.4 Å². The highest BCUT2D eigenvalue weighted by Crippen LogP contribution is 2.29. The molecule has 0 bridgehead atoms. The standard InChI is InChI=1S/C22H24N4O2/c1-15(2)22-21(18-10-7-11-20(28-3)26(18)24-22)17-12-13-19(27)25(23-17)14-16-8-5-4-6-9-16/h4-11,15H,12-14H2,1-3H3. The van der Waals surface area contributed by atoms with E-state index in [9.17, 15) is 4.79 Å². The Morgan fingerprint density at radius 1 is 1.07 bits per heavy atom. The molecule has 0 spiro atoms. The Morgan fingerprint density at radius 3 is 2.57 bits per heavy atom. The fraction of sp³-hybridized carbons (Fsp3) is 0.318. The summed E-state index contributed by atoms with van der Waals surface area (Å²) in [4.78, 5) is 12.5. The van der Waals surface area contributed by atoms with Crippen molar-refractivity contribution in [1.82, 2.24) is 14.6 Å². The minimum absolute atomic E-state index is 0.0488. The first-order valence-corrected chi connectivity index (χ1v) is 9.56. The molecule has 3 aromatic rings. The van der Waals surface area contributed by atoms with Crippen molar-refractivity contribution in [3.05, 3.63) is 65.4 Å². The Balaban J connectivity index is 1.81. The van der Waals surface area contributed by atoms with Crippen LogP contribution in [-0.2, 0) is 11.3 Å². The maximum atomic E-state index is 12.5. The topological polar surface area (TPSA) is 59.2 Å². The van der Waals surface area contributed by atoms with Gasteiger partial charge in [0.25, 0.3) is 0 Å². The Kier molecular flexibility index (Phi) is 4.86. The molecule has 0 unspecified atom stereocenters. The number of carbonyl (C=O) groups is 1. The van der Waals surface area contributed by atoms with E-state index in [1.54, 1.807) is 12.1 Å². The molecule has 0 N–H and O–H groups in total. The number of hydrogen-bond acceptors (Lipinski definition) is 4.